The molecule has 1 saturated heterocycles. The fraction of sp³-hybridized carbons (Fsp3) is 0.500. The second kappa shape index (κ2) is 4.52. The lowest BCUT2D eigenvalue weighted by molar-refractivity contribution is -0.592. The van der Waals surface area contributed by atoms with Crippen molar-refractivity contribution in [2.24, 2.45) is 0 Å². The normalized spacial score (nSPS) is 30.1. The van der Waals surface area contributed by atoms with E-state index in [1.807, 2.05) is 0 Å². The topological polar surface area (TPSA) is 154 Å². The predicted octanol–water partition coefficient (Wildman–Crippen LogP) is -2.74. The van der Waals surface area contributed by atoms with Gasteiger partial charge in [0.15, 0.2) is 11.7 Å². The first-order chi connectivity index (χ1) is 9.54. The first-order valence-electron chi connectivity index (χ1n) is 5.87. The largest absolute Gasteiger partial charge is 0.740 e. The van der Waals surface area contributed by atoms with Gasteiger partial charge in [0, 0.05) is 0 Å². The highest BCUT2D eigenvalue weighted by Gasteiger charge is 2.44. The SMILES string of the molecule is Nc1c2ncn([C@@H]3O[C@H](CO)[C@@H](O)[C@H]3O)c2nc[n+]1[O-]. The molecule has 3 rings (SSSR count). The number of aliphatic hydroxyl groups is 3. The summed E-state index contributed by atoms with van der Waals surface area (Å²) in [5, 5.41) is 40.0. The van der Waals surface area contributed by atoms with Gasteiger partial charge in [-0.25, -0.2) is 9.71 Å². The summed E-state index contributed by atoms with van der Waals surface area (Å²) < 4.78 is 7.09. The van der Waals surface area contributed by atoms with Crippen molar-refractivity contribution in [3.8, 4) is 0 Å². The number of fused-ring (bicyclic) bond motifs is 1. The molecule has 0 spiro atoms. The predicted molar refractivity (Wildman–Crippen MR) is 63.9 cm³/mol. The number of nitrogen functional groups attached to an aromatic ring is 1. The lowest BCUT2D eigenvalue weighted by atomic mass is 10.1. The standard InChI is InChI=1S/C10H13N5O5/c11-8-5-9(13-3-15(8)19)14(2-12-5)10-7(18)6(17)4(1-16)20-10/h2-4,6-7,10,16-18H,1,11H2/t4-,6-,7-,10-/m1/s1. The molecule has 0 radical (unpaired) electrons. The highest BCUT2D eigenvalue weighted by Crippen LogP contribution is 2.31. The number of aliphatic hydroxyl groups excluding tert-OH is 3. The van der Waals surface area contributed by atoms with Gasteiger partial charge >= 0.3 is 0 Å². The van der Waals surface area contributed by atoms with Crippen LogP contribution in [0, 0.1) is 5.21 Å². The van der Waals surface area contributed by atoms with E-state index in [4.69, 9.17) is 15.6 Å². The monoisotopic (exact) mass is 283 g/mol. The summed E-state index contributed by atoms with van der Waals surface area (Å²) in [6, 6.07) is 0. The first-order valence-corrected chi connectivity index (χ1v) is 5.87. The molecule has 0 unspecified atom stereocenters. The molecular formula is C10H13N5O5. The third-order valence-electron chi connectivity index (χ3n) is 3.32. The number of nitrogens with zero attached hydrogens (tertiary/aromatic N) is 4. The van der Waals surface area contributed by atoms with E-state index in [-0.39, 0.29) is 17.0 Å². The summed E-state index contributed by atoms with van der Waals surface area (Å²) in [7, 11) is 0. The Labute approximate surface area is 112 Å². The fourth-order valence-electron chi connectivity index (χ4n) is 2.23. The van der Waals surface area contributed by atoms with Crippen LogP contribution in [0.5, 0.6) is 0 Å². The Bertz CT molecular complexity index is 646. The van der Waals surface area contributed by atoms with Crippen LogP contribution in [-0.4, -0.2) is 54.8 Å². The van der Waals surface area contributed by atoms with Crippen LogP contribution in [0.3, 0.4) is 0 Å². The van der Waals surface area contributed by atoms with Crippen LogP contribution in [0.2, 0.25) is 0 Å². The van der Waals surface area contributed by atoms with E-state index in [0.717, 1.165) is 6.33 Å². The van der Waals surface area contributed by atoms with E-state index in [9.17, 15) is 15.4 Å². The zero-order chi connectivity index (χ0) is 14.4. The van der Waals surface area contributed by atoms with Gasteiger partial charge in [0.25, 0.3) is 5.82 Å². The Morgan fingerprint density at radius 2 is 2.15 bits per heavy atom. The minimum absolute atomic E-state index is 0.125. The van der Waals surface area contributed by atoms with Crippen LogP contribution in [0.25, 0.3) is 11.2 Å². The minimum atomic E-state index is -1.26. The van der Waals surface area contributed by atoms with Gasteiger partial charge in [0.05, 0.1) is 6.61 Å². The molecule has 20 heavy (non-hydrogen) atoms. The molecule has 1 aliphatic heterocycles. The molecule has 108 valence electrons. The maximum atomic E-state index is 11.3. The molecular weight excluding hydrogens is 270 g/mol. The van der Waals surface area contributed by atoms with E-state index in [2.05, 4.69) is 9.97 Å². The van der Waals surface area contributed by atoms with E-state index in [0.29, 0.717) is 4.73 Å². The Kier molecular flexibility index (Phi) is 2.94. The Morgan fingerprint density at radius 3 is 2.80 bits per heavy atom. The van der Waals surface area contributed by atoms with Crippen LogP contribution >= 0.6 is 0 Å². The number of hydrogen-bond acceptors (Lipinski definition) is 8. The average molecular weight is 283 g/mol. The zero-order valence-corrected chi connectivity index (χ0v) is 10.2. The van der Waals surface area contributed by atoms with Gasteiger partial charge in [-0.2, -0.15) is 0 Å². The van der Waals surface area contributed by atoms with Crippen molar-refractivity contribution in [2.75, 3.05) is 12.3 Å². The lowest BCUT2D eigenvalue weighted by Crippen LogP contribution is -2.33. The van der Waals surface area contributed by atoms with Crippen LogP contribution < -0.4 is 10.5 Å². The summed E-state index contributed by atoms with van der Waals surface area (Å²) in [6.45, 7) is -0.433. The number of anilines is 1. The number of nitrogens with two attached hydrogens (primary N) is 1. The Morgan fingerprint density at radius 1 is 1.40 bits per heavy atom. The van der Waals surface area contributed by atoms with Gasteiger partial charge in [-0.1, -0.05) is 4.98 Å². The van der Waals surface area contributed by atoms with Crippen LogP contribution in [0.1, 0.15) is 6.23 Å². The number of imidazole rings is 1. The number of rotatable bonds is 2. The summed E-state index contributed by atoms with van der Waals surface area (Å²) >= 11 is 0. The molecule has 10 heteroatoms. The smallest absolute Gasteiger partial charge is 0.251 e. The van der Waals surface area contributed by atoms with Crippen molar-refractivity contribution in [3.63, 3.8) is 0 Å². The van der Waals surface area contributed by atoms with Gasteiger partial charge in [0.2, 0.25) is 12.0 Å². The van der Waals surface area contributed by atoms with Gasteiger partial charge in [0.1, 0.15) is 24.6 Å². The van der Waals surface area contributed by atoms with E-state index >= 15 is 0 Å². The summed E-state index contributed by atoms with van der Waals surface area (Å²) in [4.78, 5) is 7.85. The van der Waals surface area contributed by atoms with Gasteiger partial charge in [-0.3, -0.25) is 4.57 Å². The van der Waals surface area contributed by atoms with E-state index in [1.54, 1.807) is 0 Å². The number of ether oxygens (including phenoxy) is 1. The maximum absolute atomic E-state index is 11.3. The van der Waals surface area contributed by atoms with E-state index in [1.165, 1.54) is 10.9 Å². The molecule has 1 aliphatic rings. The summed E-state index contributed by atoms with van der Waals surface area (Å²) in [5.74, 6) is -0.125. The molecule has 0 bridgehead atoms. The molecule has 3 heterocycles. The quantitative estimate of drug-likeness (QED) is 0.342. The van der Waals surface area contributed by atoms with Crippen molar-refractivity contribution in [2.45, 2.75) is 24.5 Å². The second-order valence-electron chi connectivity index (χ2n) is 4.51. The highest BCUT2D eigenvalue weighted by atomic mass is 16.6. The van der Waals surface area contributed by atoms with Crippen molar-refractivity contribution in [1.82, 2.24) is 14.5 Å². The van der Waals surface area contributed by atoms with Crippen molar-refractivity contribution in [1.29, 1.82) is 0 Å². The zero-order valence-electron chi connectivity index (χ0n) is 10.2. The first kappa shape index (κ1) is 13.0. The Hall–Kier alpha value is -2.01. The highest BCUT2D eigenvalue weighted by molar-refractivity contribution is 5.79. The van der Waals surface area contributed by atoms with Crippen molar-refractivity contribution >= 4 is 17.0 Å². The van der Waals surface area contributed by atoms with Crippen LogP contribution in [-0.2, 0) is 4.74 Å². The molecule has 1 fully saturated rings. The molecule has 0 saturated carbocycles. The van der Waals surface area contributed by atoms with E-state index < -0.39 is 31.1 Å². The van der Waals surface area contributed by atoms with Crippen LogP contribution in [0.15, 0.2) is 12.7 Å². The summed E-state index contributed by atoms with van der Waals surface area (Å²) in [6.07, 6.45) is -2.09. The molecule has 0 amide bonds. The molecule has 2 aromatic rings. The van der Waals surface area contributed by atoms with Gasteiger partial charge < -0.3 is 31.0 Å². The lowest BCUT2D eigenvalue weighted by Gasteiger charge is -2.15. The minimum Gasteiger partial charge on any atom is -0.740 e. The van der Waals surface area contributed by atoms with Crippen molar-refractivity contribution < 1.29 is 24.8 Å². The Balaban J connectivity index is 2.05. The molecule has 2 aromatic heterocycles. The molecule has 10 nitrogen and oxygen atoms in total. The average Bonchev–Trinajstić information content (AvgIpc) is 2.98. The van der Waals surface area contributed by atoms with Gasteiger partial charge in [-0.05, 0) is 0 Å². The molecule has 5 N–H and O–H groups in total. The maximum Gasteiger partial charge on any atom is 0.251 e. The molecule has 4 atom stereocenters. The third kappa shape index (κ3) is 1.70. The third-order valence-corrected chi connectivity index (χ3v) is 3.32. The number of hydrogen-bond donors (Lipinski definition) is 4. The second-order valence-corrected chi connectivity index (χ2v) is 4.51. The fourth-order valence-corrected chi connectivity index (χ4v) is 2.23. The number of aromatic nitrogens is 4. The molecule has 0 aromatic carbocycles. The summed E-state index contributed by atoms with van der Waals surface area (Å²) in [5.41, 5.74) is 5.99. The molecule has 0 aliphatic carbocycles. The van der Waals surface area contributed by atoms with Crippen LogP contribution in [0.4, 0.5) is 5.82 Å². The van der Waals surface area contributed by atoms with Crippen molar-refractivity contribution in [3.05, 3.63) is 17.9 Å². The van der Waals surface area contributed by atoms with Gasteiger partial charge in [-0.15, -0.1) is 0 Å².